The van der Waals surface area contributed by atoms with Crippen LogP contribution < -0.4 is 0 Å². The average Bonchev–Trinajstić information content (AvgIpc) is 2.23. The van der Waals surface area contributed by atoms with E-state index in [9.17, 15) is 0 Å². The molecule has 0 aliphatic heterocycles. The Hall–Kier alpha value is 1.19. The van der Waals surface area contributed by atoms with Crippen molar-refractivity contribution in [1.29, 1.82) is 0 Å². The van der Waals surface area contributed by atoms with Crippen LogP contribution >= 0.6 is 34.8 Å². The van der Waals surface area contributed by atoms with Crippen LogP contribution in [0.25, 0.3) is 0 Å². The molecule has 17 heavy (non-hydrogen) atoms. The molecule has 0 aliphatic carbocycles. The van der Waals surface area contributed by atoms with Crippen LogP contribution in [0.5, 0.6) is 0 Å². The van der Waals surface area contributed by atoms with Crippen LogP contribution in [0.4, 0.5) is 0 Å². The van der Waals surface area contributed by atoms with Gasteiger partial charge in [0, 0.05) is 39.1 Å². The van der Waals surface area contributed by atoms with Crippen molar-refractivity contribution >= 4 is 34.8 Å². The van der Waals surface area contributed by atoms with Crippen LogP contribution in [0.2, 0.25) is 0 Å². The Morgan fingerprint density at radius 3 is 1.53 bits per heavy atom. The van der Waals surface area contributed by atoms with Gasteiger partial charge in [-0.15, -0.1) is 0 Å². The van der Waals surface area contributed by atoms with Crippen molar-refractivity contribution in [2.45, 2.75) is 37.9 Å². The van der Waals surface area contributed by atoms with Crippen molar-refractivity contribution in [3.63, 3.8) is 0 Å². The minimum absolute atomic E-state index is 0. The van der Waals surface area contributed by atoms with Gasteiger partial charge in [-0.25, -0.2) is 0 Å². The Balaban J connectivity index is -0.000000128. The Labute approximate surface area is 147 Å². The van der Waals surface area contributed by atoms with E-state index in [1.54, 1.807) is 0 Å². The van der Waals surface area contributed by atoms with Crippen LogP contribution in [0.3, 0.4) is 0 Å². The van der Waals surface area contributed by atoms with Gasteiger partial charge in [-0.05, 0) is 5.56 Å². The molecule has 0 bridgehead atoms. The van der Waals surface area contributed by atoms with E-state index in [1.807, 2.05) is 58.0 Å². The van der Waals surface area contributed by atoms with E-state index >= 15 is 0 Å². The number of halogens is 3. The van der Waals surface area contributed by atoms with Gasteiger partial charge in [0.25, 0.3) is 0 Å². The van der Waals surface area contributed by atoms with E-state index in [-0.39, 0.29) is 40.1 Å². The molecule has 0 atom stereocenters. The second-order valence-electron chi connectivity index (χ2n) is 2.28. The predicted octanol–water partition coefficient (Wildman–Crippen LogP) is 6.10. The van der Waals surface area contributed by atoms with Crippen molar-refractivity contribution in [2.75, 3.05) is 0 Å². The Morgan fingerprint density at radius 2 is 1.24 bits per heavy atom. The van der Waals surface area contributed by atoms with Crippen LogP contribution in [-0.2, 0) is 39.1 Å². The quantitative estimate of drug-likeness (QED) is 0.412. The number of hydrogen-bond donors (Lipinski definition) is 0. The Kier molecular flexibility index (Phi) is 27.0. The van der Waals surface area contributed by atoms with E-state index in [4.69, 9.17) is 34.8 Å². The average molecular weight is 374 g/mol. The summed E-state index contributed by atoms with van der Waals surface area (Å²) in [5, 5.41) is 0. The summed E-state index contributed by atoms with van der Waals surface area (Å²) in [7, 11) is 0. The largest absolute Gasteiger partial charge is 0.358 e. The SMILES string of the molecule is CC.CC.ClC(Cl)(Cl)Cc1ccccc1.[CH3-].[Y]. The summed E-state index contributed by atoms with van der Waals surface area (Å²) >= 11 is 16.8. The maximum absolute atomic E-state index is 5.60. The third-order valence-corrected chi connectivity index (χ3v) is 1.65. The van der Waals surface area contributed by atoms with Gasteiger partial charge in [0.05, 0.1) is 0 Å². The smallest absolute Gasteiger partial charge is 0.194 e. The molecule has 4 heteroatoms. The minimum atomic E-state index is -1.18. The molecule has 1 radical (unpaired) electrons. The normalized spacial score (nSPS) is 8.18. The van der Waals surface area contributed by atoms with E-state index in [0.717, 1.165) is 5.56 Å². The fraction of sp³-hybridized carbons (Fsp3) is 0.462. The van der Waals surface area contributed by atoms with E-state index in [1.165, 1.54) is 0 Å². The third kappa shape index (κ3) is 19.7. The molecule has 1 rings (SSSR count). The number of rotatable bonds is 1. The van der Waals surface area contributed by atoms with Crippen molar-refractivity contribution < 1.29 is 32.7 Å². The van der Waals surface area contributed by atoms with Gasteiger partial charge in [0.2, 0.25) is 0 Å². The number of hydrogen-bond acceptors (Lipinski definition) is 0. The zero-order valence-corrected chi connectivity index (χ0v) is 16.4. The van der Waals surface area contributed by atoms with Gasteiger partial charge in [-0.3, -0.25) is 0 Å². The molecule has 0 N–H and O–H groups in total. The van der Waals surface area contributed by atoms with E-state index < -0.39 is 3.79 Å². The van der Waals surface area contributed by atoms with Crippen molar-refractivity contribution in [2.24, 2.45) is 0 Å². The molecule has 99 valence electrons. The summed E-state index contributed by atoms with van der Waals surface area (Å²) in [6.07, 6.45) is 0.457. The molecule has 0 fully saturated rings. The zero-order valence-electron chi connectivity index (χ0n) is 11.3. The van der Waals surface area contributed by atoms with Gasteiger partial charge in [0.15, 0.2) is 3.79 Å². The molecule has 0 heterocycles. The van der Waals surface area contributed by atoms with Crippen molar-refractivity contribution in [3.8, 4) is 0 Å². The van der Waals surface area contributed by atoms with Crippen molar-refractivity contribution in [1.82, 2.24) is 0 Å². The summed E-state index contributed by atoms with van der Waals surface area (Å²) in [6.45, 7) is 8.00. The van der Waals surface area contributed by atoms with Gasteiger partial charge >= 0.3 is 0 Å². The topological polar surface area (TPSA) is 0 Å². The molecule has 0 saturated carbocycles. The minimum Gasteiger partial charge on any atom is -0.358 e. The van der Waals surface area contributed by atoms with Crippen molar-refractivity contribution in [3.05, 3.63) is 43.3 Å². The van der Waals surface area contributed by atoms with Crippen LogP contribution in [0.15, 0.2) is 30.3 Å². The molecule has 0 saturated heterocycles. The molecule has 1 aromatic carbocycles. The Morgan fingerprint density at radius 1 is 0.882 bits per heavy atom. The van der Waals surface area contributed by atoms with E-state index in [0.29, 0.717) is 6.42 Å². The van der Waals surface area contributed by atoms with Crippen LogP contribution in [-0.4, -0.2) is 3.79 Å². The molecule has 0 aromatic heterocycles. The first-order valence-electron chi connectivity index (χ1n) is 5.18. The first kappa shape index (κ1) is 26.7. The fourth-order valence-corrected chi connectivity index (χ4v) is 1.29. The maximum Gasteiger partial charge on any atom is 0.194 e. The maximum atomic E-state index is 5.60. The summed E-state index contributed by atoms with van der Waals surface area (Å²) in [4.78, 5) is 0. The number of benzene rings is 1. The molecule has 1 aromatic rings. The first-order chi connectivity index (χ1) is 7.08. The van der Waals surface area contributed by atoms with Crippen LogP contribution in [0, 0.1) is 7.43 Å². The van der Waals surface area contributed by atoms with Gasteiger partial charge in [-0.1, -0.05) is 92.8 Å². The third-order valence-electron chi connectivity index (χ3n) is 1.25. The molecular formula is C13H22Cl3Y-. The molecule has 0 spiro atoms. The van der Waals surface area contributed by atoms with Gasteiger partial charge in [-0.2, -0.15) is 0 Å². The Bertz CT molecular complexity index is 220. The monoisotopic (exact) mass is 372 g/mol. The predicted molar refractivity (Wildman–Crippen MR) is 79.5 cm³/mol. The molecule has 0 unspecified atom stereocenters. The summed E-state index contributed by atoms with van der Waals surface area (Å²) in [6, 6.07) is 9.64. The summed E-state index contributed by atoms with van der Waals surface area (Å²) in [5.74, 6) is 0. The molecule has 0 nitrogen and oxygen atoms in total. The summed E-state index contributed by atoms with van der Waals surface area (Å²) < 4.78 is -1.18. The van der Waals surface area contributed by atoms with E-state index in [2.05, 4.69) is 0 Å². The van der Waals surface area contributed by atoms with Gasteiger partial charge in [0.1, 0.15) is 0 Å². The molecular weight excluding hydrogens is 351 g/mol. The zero-order chi connectivity index (χ0) is 12.3. The second kappa shape index (κ2) is 17.2. The van der Waals surface area contributed by atoms with Crippen LogP contribution in [0.1, 0.15) is 33.3 Å². The fourth-order valence-electron chi connectivity index (χ4n) is 0.827. The summed E-state index contributed by atoms with van der Waals surface area (Å²) in [5.41, 5.74) is 1.03. The number of alkyl halides is 3. The second-order valence-corrected chi connectivity index (χ2v) is 4.79. The first-order valence-corrected chi connectivity index (χ1v) is 6.32. The molecule has 0 aliphatic rings. The standard InChI is InChI=1S/C8H7Cl3.2C2H6.CH3.Y/c9-8(10,11)6-7-4-2-1-3-5-7;2*1-2;;/h1-5H,6H2;2*1-2H3;1H3;/q;;;-1;. The van der Waals surface area contributed by atoms with Gasteiger partial charge < -0.3 is 7.43 Å². The molecule has 0 amide bonds.